The summed E-state index contributed by atoms with van der Waals surface area (Å²) in [4.78, 5) is 0. The number of methoxy groups -OCH3 is 2. The summed E-state index contributed by atoms with van der Waals surface area (Å²) in [6.45, 7) is 8.19. The highest BCUT2D eigenvalue weighted by atomic mass is 16.7. The molecule has 102 valence electrons. The standard InChI is InChI=1S/C15H25NO2/c1-15(2,3)13-8-6-12(7-9-13)10-16-11-14(17-4)18-5/h6-9,14,16H,10-11H2,1-5H3. The second kappa shape index (κ2) is 6.88. The van der Waals surface area contributed by atoms with Crippen LogP contribution in [0.15, 0.2) is 24.3 Å². The molecule has 0 saturated heterocycles. The Labute approximate surface area is 110 Å². The Bertz CT molecular complexity index is 337. The van der Waals surface area contributed by atoms with E-state index in [1.54, 1.807) is 14.2 Å². The Morgan fingerprint density at radius 1 is 1.06 bits per heavy atom. The Morgan fingerprint density at radius 3 is 2.06 bits per heavy atom. The number of rotatable bonds is 6. The van der Waals surface area contributed by atoms with Gasteiger partial charge in [-0.05, 0) is 16.5 Å². The number of hydrogen-bond acceptors (Lipinski definition) is 3. The lowest BCUT2D eigenvalue weighted by molar-refractivity contribution is -0.0989. The van der Waals surface area contributed by atoms with Crippen LogP contribution in [0.25, 0.3) is 0 Å². The van der Waals surface area contributed by atoms with Crippen molar-refractivity contribution in [1.82, 2.24) is 5.32 Å². The Hall–Kier alpha value is -0.900. The first-order valence-electron chi connectivity index (χ1n) is 6.33. The summed E-state index contributed by atoms with van der Waals surface area (Å²) in [5.74, 6) is 0. The molecule has 0 bridgehead atoms. The molecule has 0 aliphatic heterocycles. The first kappa shape index (κ1) is 15.2. The molecule has 0 heterocycles. The summed E-state index contributed by atoms with van der Waals surface area (Å²) < 4.78 is 10.2. The molecule has 0 amide bonds. The molecule has 3 heteroatoms. The molecule has 3 nitrogen and oxygen atoms in total. The fraction of sp³-hybridized carbons (Fsp3) is 0.600. The molecule has 0 spiro atoms. The first-order chi connectivity index (χ1) is 8.47. The van der Waals surface area contributed by atoms with Crippen molar-refractivity contribution < 1.29 is 9.47 Å². The molecular formula is C15H25NO2. The number of nitrogens with one attached hydrogen (secondary N) is 1. The van der Waals surface area contributed by atoms with Gasteiger partial charge in [-0.1, -0.05) is 45.0 Å². The van der Waals surface area contributed by atoms with Crippen molar-refractivity contribution in [3.8, 4) is 0 Å². The summed E-state index contributed by atoms with van der Waals surface area (Å²) >= 11 is 0. The van der Waals surface area contributed by atoms with E-state index >= 15 is 0 Å². The summed E-state index contributed by atoms with van der Waals surface area (Å²) in [5, 5.41) is 3.31. The highest BCUT2D eigenvalue weighted by Gasteiger charge is 2.12. The van der Waals surface area contributed by atoms with Crippen LogP contribution in [0.5, 0.6) is 0 Å². The molecule has 1 aromatic carbocycles. The van der Waals surface area contributed by atoms with Crippen molar-refractivity contribution >= 4 is 0 Å². The summed E-state index contributed by atoms with van der Waals surface area (Å²) in [5.41, 5.74) is 2.84. The van der Waals surface area contributed by atoms with Crippen molar-refractivity contribution in [3.63, 3.8) is 0 Å². The van der Waals surface area contributed by atoms with E-state index in [0.29, 0.717) is 6.54 Å². The molecule has 1 aromatic rings. The summed E-state index contributed by atoms with van der Waals surface area (Å²) in [7, 11) is 3.29. The maximum Gasteiger partial charge on any atom is 0.169 e. The predicted octanol–water partition coefficient (Wildman–Crippen LogP) is 2.69. The highest BCUT2D eigenvalue weighted by Crippen LogP contribution is 2.22. The third-order valence-corrected chi connectivity index (χ3v) is 2.99. The van der Waals surface area contributed by atoms with Gasteiger partial charge in [0.25, 0.3) is 0 Å². The number of ether oxygens (including phenoxy) is 2. The molecule has 0 aliphatic carbocycles. The highest BCUT2D eigenvalue weighted by molar-refractivity contribution is 5.27. The van der Waals surface area contributed by atoms with Crippen LogP contribution in [0.4, 0.5) is 0 Å². The van der Waals surface area contributed by atoms with E-state index in [2.05, 4.69) is 50.4 Å². The van der Waals surface area contributed by atoms with Gasteiger partial charge in [0.15, 0.2) is 6.29 Å². The van der Waals surface area contributed by atoms with E-state index < -0.39 is 0 Å². The van der Waals surface area contributed by atoms with E-state index in [9.17, 15) is 0 Å². The fourth-order valence-corrected chi connectivity index (χ4v) is 1.72. The van der Waals surface area contributed by atoms with Crippen LogP contribution in [0.2, 0.25) is 0 Å². The second-order valence-corrected chi connectivity index (χ2v) is 5.48. The zero-order valence-electron chi connectivity index (χ0n) is 12.1. The van der Waals surface area contributed by atoms with Crippen LogP contribution in [0, 0.1) is 0 Å². The molecule has 1 rings (SSSR count). The molecule has 0 aliphatic rings. The lowest BCUT2D eigenvalue weighted by atomic mass is 9.87. The first-order valence-corrected chi connectivity index (χ1v) is 6.33. The third-order valence-electron chi connectivity index (χ3n) is 2.99. The van der Waals surface area contributed by atoms with Gasteiger partial charge >= 0.3 is 0 Å². The van der Waals surface area contributed by atoms with Crippen LogP contribution in [0.3, 0.4) is 0 Å². The maximum atomic E-state index is 5.12. The second-order valence-electron chi connectivity index (χ2n) is 5.48. The van der Waals surface area contributed by atoms with Gasteiger partial charge in [0.2, 0.25) is 0 Å². The minimum atomic E-state index is -0.182. The van der Waals surface area contributed by atoms with Crippen molar-refractivity contribution in [2.24, 2.45) is 0 Å². The van der Waals surface area contributed by atoms with E-state index in [1.165, 1.54) is 11.1 Å². The average molecular weight is 251 g/mol. The van der Waals surface area contributed by atoms with Gasteiger partial charge in [-0.15, -0.1) is 0 Å². The molecule has 1 N–H and O–H groups in total. The van der Waals surface area contributed by atoms with Crippen LogP contribution in [-0.4, -0.2) is 27.1 Å². The van der Waals surface area contributed by atoms with Crippen molar-refractivity contribution in [1.29, 1.82) is 0 Å². The van der Waals surface area contributed by atoms with Crippen molar-refractivity contribution in [2.75, 3.05) is 20.8 Å². The Kier molecular flexibility index (Phi) is 5.79. The van der Waals surface area contributed by atoms with Gasteiger partial charge in [-0.25, -0.2) is 0 Å². The summed E-state index contributed by atoms with van der Waals surface area (Å²) in [6, 6.07) is 8.73. The Morgan fingerprint density at radius 2 is 1.61 bits per heavy atom. The minimum Gasteiger partial charge on any atom is -0.355 e. The van der Waals surface area contributed by atoms with Gasteiger partial charge in [-0.2, -0.15) is 0 Å². The molecule has 18 heavy (non-hydrogen) atoms. The van der Waals surface area contributed by atoms with Gasteiger partial charge in [0.1, 0.15) is 0 Å². The zero-order chi connectivity index (χ0) is 13.6. The largest absolute Gasteiger partial charge is 0.355 e. The van der Waals surface area contributed by atoms with Crippen LogP contribution < -0.4 is 5.32 Å². The lowest BCUT2D eigenvalue weighted by Gasteiger charge is -2.19. The van der Waals surface area contributed by atoms with Gasteiger partial charge < -0.3 is 14.8 Å². The van der Waals surface area contributed by atoms with Gasteiger partial charge in [0.05, 0.1) is 0 Å². The third kappa shape index (κ3) is 4.77. The fourth-order valence-electron chi connectivity index (χ4n) is 1.72. The van der Waals surface area contributed by atoms with Crippen molar-refractivity contribution in [3.05, 3.63) is 35.4 Å². The normalized spacial score (nSPS) is 12.1. The summed E-state index contributed by atoms with van der Waals surface area (Å²) in [6.07, 6.45) is -0.182. The van der Waals surface area contributed by atoms with E-state index in [-0.39, 0.29) is 11.7 Å². The molecular weight excluding hydrogens is 226 g/mol. The topological polar surface area (TPSA) is 30.5 Å². The lowest BCUT2D eigenvalue weighted by Crippen LogP contribution is -2.29. The monoisotopic (exact) mass is 251 g/mol. The average Bonchev–Trinajstić information content (AvgIpc) is 2.34. The number of benzene rings is 1. The van der Waals surface area contributed by atoms with Crippen molar-refractivity contribution in [2.45, 2.75) is 39.0 Å². The van der Waals surface area contributed by atoms with E-state index in [1.807, 2.05) is 0 Å². The van der Waals surface area contributed by atoms with Crippen LogP contribution in [0.1, 0.15) is 31.9 Å². The number of hydrogen-bond donors (Lipinski definition) is 1. The van der Waals surface area contributed by atoms with Crippen LogP contribution >= 0.6 is 0 Å². The quantitative estimate of drug-likeness (QED) is 0.789. The predicted molar refractivity (Wildman–Crippen MR) is 74.7 cm³/mol. The molecule has 0 aromatic heterocycles. The van der Waals surface area contributed by atoms with Gasteiger partial charge in [-0.3, -0.25) is 0 Å². The van der Waals surface area contributed by atoms with E-state index in [4.69, 9.17) is 9.47 Å². The molecule has 0 radical (unpaired) electrons. The molecule has 0 saturated carbocycles. The smallest absolute Gasteiger partial charge is 0.169 e. The van der Waals surface area contributed by atoms with Gasteiger partial charge in [0, 0.05) is 27.3 Å². The molecule has 0 fully saturated rings. The minimum absolute atomic E-state index is 0.182. The van der Waals surface area contributed by atoms with Crippen LogP contribution in [-0.2, 0) is 21.4 Å². The molecule has 0 unspecified atom stereocenters. The maximum absolute atomic E-state index is 5.12. The zero-order valence-corrected chi connectivity index (χ0v) is 12.1. The van der Waals surface area contributed by atoms with E-state index in [0.717, 1.165) is 6.54 Å². The molecule has 0 atom stereocenters. The SMILES string of the molecule is COC(CNCc1ccc(C(C)(C)C)cc1)OC. The Balaban J connectivity index is 2.45.